The first-order valence-electron chi connectivity index (χ1n) is 9.32. The highest BCUT2D eigenvalue weighted by Gasteiger charge is 2.18. The van der Waals surface area contributed by atoms with Gasteiger partial charge in [0.15, 0.2) is 0 Å². The van der Waals surface area contributed by atoms with Crippen LogP contribution in [0.2, 0.25) is 0 Å². The van der Waals surface area contributed by atoms with Gasteiger partial charge < -0.3 is 19.4 Å². The fourth-order valence-electron chi connectivity index (χ4n) is 3.60. The van der Waals surface area contributed by atoms with E-state index in [-0.39, 0.29) is 6.04 Å². The van der Waals surface area contributed by atoms with Gasteiger partial charge in [-0.1, -0.05) is 25.1 Å². The van der Waals surface area contributed by atoms with Gasteiger partial charge in [-0.3, -0.25) is 0 Å². The zero-order valence-electron chi connectivity index (χ0n) is 15.4. The molecule has 3 heterocycles. The standard InChI is InChI=1S/C21H25N3O2/c1-3-17-18-6-4-5-7-19(18)26-21(17)15(2)23-16-8-9-20(22-14-16)24-10-12-25-13-11-24/h4-9,14-15,23H,3,10-13H2,1-2H3. The summed E-state index contributed by atoms with van der Waals surface area (Å²) in [5, 5.41) is 4.73. The van der Waals surface area contributed by atoms with Crippen LogP contribution in [0.3, 0.4) is 0 Å². The predicted octanol–water partition coefficient (Wildman–Crippen LogP) is 4.40. The molecule has 136 valence electrons. The Labute approximate surface area is 154 Å². The van der Waals surface area contributed by atoms with E-state index in [4.69, 9.17) is 9.15 Å². The van der Waals surface area contributed by atoms with E-state index in [0.29, 0.717) is 0 Å². The molecular weight excluding hydrogens is 326 g/mol. The number of aromatic nitrogens is 1. The van der Waals surface area contributed by atoms with Crippen molar-refractivity contribution in [2.45, 2.75) is 26.3 Å². The van der Waals surface area contributed by atoms with E-state index >= 15 is 0 Å². The normalized spacial score (nSPS) is 16.0. The van der Waals surface area contributed by atoms with Crippen LogP contribution in [0.4, 0.5) is 11.5 Å². The molecule has 0 aliphatic carbocycles. The molecule has 1 saturated heterocycles. The molecule has 1 fully saturated rings. The van der Waals surface area contributed by atoms with E-state index in [0.717, 1.165) is 55.6 Å². The van der Waals surface area contributed by atoms with Crippen molar-refractivity contribution in [1.29, 1.82) is 0 Å². The number of hydrogen-bond acceptors (Lipinski definition) is 5. The van der Waals surface area contributed by atoms with Crippen molar-refractivity contribution < 1.29 is 9.15 Å². The van der Waals surface area contributed by atoms with Crippen molar-refractivity contribution >= 4 is 22.5 Å². The van der Waals surface area contributed by atoms with Gasteiger partial charge in [0.2, 0.25) is 0 Å². The van der Waals surface area contributed by atoms with Gasteiger partial charge in [-0.2, -0.15) is 0 Å². The van der Waals surface area contributed by atoms with E-state index in [9.17, 15) is 0 Å². The number of aryl methyl sites for hydroxylation is 1. The van der Waals surface area contributed by atoms with Crippen molar-refractivity contribution in [3.05, 3.63) is 53.9 Å². The molecule has 1 aliphatic heterocycles. The molecule has 0 radical (unpaired) electrons. The third kappa shape index (κ3) is 3.27. The summed E-state index contributed by atoms with van der Waals surface area (Å²) in [4.78, 5) is 6.87. The molecule has 26 heavy (non-hydrogen) atoms. The van der Waals surface area contributed by atoms with Gasteiger partial charge in [-0.25, -0.2) is 4.98 Å². The Bertz CT molecular complexity index is 867. The van der Waals surface area contributed by atoms with Crippen molar-refractivity contribution in [3.63, 3.8) is 0 Å². The highest BCUT2D eigenvalue weighted by molar-refractivity contribution is 5.82. The smallest absolute Gasteiger partial charge is 0.134 e. The summed E-state index contributed by atoms with van der Waals surface area (Å²) >= 11 is 0. The first-order chi connectivity index (χ1) is 12.8. The third-order valence-corrected chi connectivity index (χ3v) is 4.94. The molecule has 2 aromatic heterocycles. The number of nitrogens with zero attached hydrogens (tertiary/aromatic N) is 2. The van der Waals surface area contributed by atoms with Gasteiger partial charge in [0, 0.05) is 24.0 Å². The van der Waals surface area contributed by atoms with Crippen molar-refractivity contribution in [2.75, 3.05) is 36.5 Å². The Balaban J connectivity index is 1.52. The molecule has 0 bridgehead atoms. The van der Waals surface area contributed by atoms with Crippen LogP contribution in [0.15, 0.2) is 47.0 Å². The lowest BCUT2D eigenvalue weighted by Gasteiger charge is -2.27. The Hall–Kier alpha value is -2.53. The van der Waals surface area contributed by atoms with Crippen molar-refractivity contribution in [3.8, 4) is 0 Å². The van der Waals surface area contributed by atoms with E-state index in [1.807, 2.05) is 18.3 Å². The van der Waals surface area contributed by atoms with E-state index < -0.39 is 0 Å². The lowest BCUT2D eigenvalue weighted by Crippen LogP contribution is -2.36. The van der Waals surface area contributed by atoms with Gasteiger partial charge in [-0.15, -0.1) is 0 Å². The summed E-state index contributed by atoms with van der Waals surface area (Å²) < 4.78 is 11.5. The van der Waals surface area contributed by atoms with Gasteiger partial charge in [0.1, 0.15) is 17.2 Å². The quantitative estimate of drug-likeness (QED) is 0.738. The number of para-hydroxylation sites is 1. The minimum Gasteiger partial charge on any atom is -0.459 e. The van der Waals surface area contributed by atoms with Gasteiger partial charge in [0.05, 0.1) is 31.1 Å². The second kappa shape index (κ2) is 7.38. The van der Waals surface area contributed by atoms with Gasteiger partial charge >= 0.3 is 0 Å². The van der Waals surface area contributed by atoms with Crippen LogP contribution in [0.1, 0.15) is 31.2 Å². The van der Waals surface area contributed by atoms with E-state index in [2.05, 4.69) is 53.3 Å². The van der Waals surface area contributed by atoms with Crippen LogP contribution in [-0.2, 0) is 11.2 Å². The molecular formula is C21H25N3O2. The van der Waals surface area contributed by atoms with Crippen LogP contribution < -0.4 is 10.2 Å². The summed E-state index contributed by atoms with van der Waals surface area (Å²) in [7, 11) is 0. The summed E-state index contributed by atoms with van der Waals surface area (Å²) in [6.45, 7) is 7.64. The van der Waals surface area contributed by atoms with Gasteiger partial charge in [-0.05, 0) is 31.5 Å². The first kappa shape index (κ1) is 16.9. The monoisotopic (exact) mass is 351 g/mol. The highest BCUT2D eigenvalue weighted by Crippen LogP contribution is 2.32. The molecule has 5 heteroatoms. The second-order valence-electron chi connectivity index (χ2n) is 6.67. The molecule has 0 saturated carbocycles. The van der Waals surface area contributed by atoms with Crippen molar-refractivity contribution in [2.24, 2.45) is 0 Å². The van der Waals surface area contributed by atoms with E-state index in [1.54, 1.807) is 0 Å². The molecule has 4 rings (SSSR count). The maximum atomic E-state index is 6.14. The molecule has 5 nitrogen and oxygen atoms in total. The fraction of sp³-hybridized carbons (Fsp3) is 0.381. The lowest BCUT2D eigenvalue weighted by atomic mass is 10.0. The van der Waals surface area contributed by atoms with Crippen LogP contribution in [0, 0.1) is 0 Å². The molecule has 1 aliphatic rings. The average molecular weight is 351 g/mol. The number of ether oxygens (including phenoxy) is 1. The average Bonchev–Trinajstić information content (AvgIpc) is 3.08. The zero-order valence-corrected chi connectivity index (χ0v) is 15.4. The topological polar surface area (TPSA) is 50.5 Å². The Morgan fingerprint density at radius 2 is 1.96 bits per heavy atom. The van der Waals surface area contributed by atoms with E-state index in [1.165, 1.54) is 10.9 Å². The second-order valence-corrected chi connectivity index (χ2v) is 6.67. The molecule has 0 amide bonds. The molecule has 0 spiro atoms. The lowest BCUT2D eigenvalue weighted by molar-refractivity contribution is 0.122. The van der Waals surface area contributed by atoms with Gasteiger partial charge in [0.25, 0.3) is 0 Å². The Morgan fingerprint density at radius 1 is 1.15 bits per heavy atom. The minimum atomic E-state index is 0.0772. The number of anilines is 2. The Morgan fingerprint density at radius 3 is 2.69 bits per heavy atom. The molecule has 1 unspecified atom stereocenters. The SMILES string of the molecule is CCc1c(C(C)Nc2ccc(N3CCOCC3)nc2)oc2ccccc12. The number of fused-ring (bicyclic) bond motifs is 1. The number of hydrogen-bond donors (Lipinski definition) is 1. The number of pyridine rings is 1. The highest BCUT2D eigenvalue weighted by atomic mass is 16.5. The first-order valence-corrected chi connectivity index (χ1v) is 9.32. The van der Waals surface area contributed by atoms with Crippen molar-refractivity contribution in [1.82, 2.24) is 4.98 Å². The maximum Gasteiger partial charge on any atom is 0.134 e. The summed E-state index contributed by atoms with van der Waals surface area (Å²) in [5.41, 5.74) is 3.23. The number of furan rings is 1. The minimum absolute atomic E-state index is 0.0772. The number of benzene rings is 1. The zero-order chi connectivity index (χ0) is 17.9. The summed E-state index contributed by atoms with van der Waals surface area (Å²) in [6.07, 6.45) is 2.85. The molecule has 1 N–H and O–H groups in total. The van der Waals surface area contributed by atoms with Crippen LogP contribution in [0.5, 0.6) is 0 Å². The predicted molar refractivity (Wildman–Crippen MR) is 105 cm³/mol. The molecule has 3 aromatic rings. The maximum absolute atomic E-state index is 6.14. The summed E-state index contributed by atoms with van der Waals surface area (Å²) in [5.74, 6) is 2.01. The fourth-order valence-corrected chi connectivity index (χ4v) is 3.60. The van der Waals surface area contributed by atoms with Crippen LogP contribution >= 0.6 is 0 Å². The van der Waals surface area contributed by atoms with Crippen LogP contribution in [-0.4, -0.2) is 31.3 Å². The number of nitrogens with one attached hydrogen (secondary N) is 1. The number of morpholine rings is 1. The Kier molecular flexibility index (Phi) is 4.80. The molecule has 1 atom stereocenters. The summed E-state index contributed by atoms with van der Waals surface area (Å²) in [6, 6.07) is 12.5. The third-order valence-electron chi connectivity index (χ3n) is 4.94. The van der Waals surface area contributed by atoms with Crippen LogP contribution in [0.25, 0.3) is 11.0 Å². The molecule has 1 aromatic carbocycles. The number of rotatable bonds is 5. The largest absolute Gasteiger partial charge is 0.459 e.